The van der Waals surface area contributed by atoms with Crippen molar-refractivity contribution in [1.29, 1.82) is 0 Å². The molecule has 0 aliphatic heterocycles. The third kappa shape index (κ3) is 3.02. The van der Waals surface area contributed by atoms with Gasteiger partial charge in [-0.15, -0.1) is 0 Å². The molecule has 0 saturated heterocycles. The number of aryl methyl sites for hydroxylation is 1. The van der Waals surface area contributed by atoms with E-state index in [2.05, 4.69) is 0 Å². The highest BCUT2D eigenvalue weighted by Gasteiger charge is 2.12. The summed E-state index contributed by atoms with van der Waals surface area (Å²) in [7, 11) is 0. The van der Waals surface area contributed by atoms with E-state index < -0.39 is 5.82 Å². The summed E-state index contributed by atoms with van der Waals surface area (Å²) in [5.41, 5.74) is 3.50. The van der Waals surface area contributed by atoms with Gasteiger partial charge >= 0.3 is 0 Å². The molecular formula is C16H14ClFO. The first-order chi connectivity index (χ1) is 8.99. The Hall–Kier alpha value is -1.67. The molecule has 0 radical (unpaired) electrons. The summed E-state index contributed by atoms with van der Waals surface area (Å²) in [6.45, 7) is 3.90. The lowest BCUT2D eigenvalue weighted by Crippen LogP contribution is -2.06. The first kappa shape index (κ1) is 13.8. The summed E-state index contributed by atoms with van der Waals surface area (Å²) in [6.07, 6.45) is 0.226. The predicted molar refractivity (Wildman–Crippen MR) is 75.4 cm³/mol. The van der Waals surface area contributed by atoms with E-state index in [9.17, 15) is 9.18 Å². The lowest BCUT2D eigenvalue weighted by molar-refractivity contribution is 0.0992. The molecule has 0 aliphatic rings. The fourth-order valence-electron chi connectivity index (χ4n) is 1.98. The molecule has 0 aliphatic carbocycles. The maximum atomic E-state index is 13.1. The molecule has 0 aromatic heterocycles. The fraction of sp³-hybridized carbons (Fsp3) is 0.188. The molecule has 0 bridgehead atoms. The van der Waals surface area contributed by atoms with Crippen LogP contribution >= 0.6 is 11.6 Å². The summed E-state index contributed by atoms with van der Waals surface area (Å²) in [5, 5.41) is 0.0475. The van der Waals surface area contributed by atoms with Crippen molar-refractivity contribution in [3.05, 3.63) is 69.5 Å². The Morgan fingerprint density at radius 3 is 2.63 bits per heavy atom. The van der Waals surface area contributed by atoms with Crippen molar-refractivity contribution < 1.29 is 9.18 Å². The Morgan fingerprint density at radius 1 is 1.21 bits per heavy atom. The van der Waals surface area contributed by atoms with Crippen LogP contribution in [-0.2, 0) is 6.42 Å². The van der Waals surface area contributed by atoms with Crippen molar-refractivity contribution in [3.63, 3.8) is 0 Å². The Balaban J connectivity index is 2.26. The quantitative estimate of drug-likeness (QED) is 0.753. The minimum atomic E-state index is -0.468. The number of carbonyl (C=O) groups is 1. The Morgan fingerprint density at radius 2 is 1.95 bits per heavy atom. The number of hydrogen-bond acceptors (Lipinski definition) is 1. The second-order valence-corrected chi connectivity index (χ2v) is 5.00. The number of Topliss-reactive ketones (excluding diaryl/α,β-unsaturated/α-hetero) is 1. The summed E-state index contributed by atoms with van der Waals surface area (Å²) in [5.74, 6) is -0.450. The summed E-state index contributed by atoms with van der Waals surface area (Å²) >= 11 is 5.71. The largest absolute Gasteiger partial charge is 0.294 e. The molecule has 0 amide bonds. The fourth-order valence-corrected chi connectivity index (χ4v) is 2.19. The summed E-state index contributed by atoms with van der Waals surface area (Å²) in [4.78, 5) is 12.2. The van der Waals surface area contributed by atoms with Gasteiger partial charge in [-0.3, -0.25) is 4.79 Å². The van der Waals surface area contributed by atoms with E-state index in [1.54, 1.807) is 6.07 Å². The lowest BCUT2D eigenvalue weighted by Gasteiger charge is -2.08. The molecule has 1 nitrogen and oxygen atoms in total. The van der Waals surface area contributed by atoms with Crippen LogP contribution in [0.4, 0.5) is 4.39 Å². The minimum Gasteiger partial charge on any atom is -0.294 e. The number of rotatable bonds is 3. The van der Waals surface area contributed by atoms with Crippen LogP contribution in [0.15, 0.2) is 36.4 Å². The average Bonchev–Trinajstić information content (AvgIpc) is 2.37. The van der Waals surface area contributed by atoms with E-state index in [-0.39, 0.29) is 17.2 Å². The molecule has 0 N–H and O–H groups in total. The highest BCUT2D eigenvalue weighted by molar-refractivity contribution is 6.30. The van der Waals surface area contributed by atoms with Crippen LogP contribution in [0.5, 0.6) is 0 Å². The number of halogens is 2. The molecule has 2 aromatic rings. The van der Waals surface area contributed by atoms with Crippen molar-refractivity contribution in [1.82, 2.24) is 0 Å². The molecule has 3 heteroatoms. The second kappa shape index (κ2) is 5.54. The van der Waals surface area contributed by atoms with Gasteiger partial charge < -0.3 is 0 Å². The van der Waals surface area contributed by atoms with Gasteiger partial charge in [0.25, 0.3) is 0 Å². The Labute approximate surface area is 117 Å². The number of ketones is 1. The standard InChI is InChI=1S/C16H14ClFO/c1-10-4-3-5-13(11(10)2)16(19)9-12-6-7-15(18)14(17)8-12/h3-8H,9H2,1-2H3. The number of hydrogen-bond donors (Lipinski definition) is 0. The van der Waals surface area contributed by atoms with Crippen molar-refractivity contribution in [2.75, 3.05) is 0 Å². The first-order valence-electron chi connectivity index (χ1n) is 6.02. The molecule has 0 unspecified atom stereocenters. The van der Waals surface area contributed by atoms with Crippen LogP contribution in [0.2, 0.25) is 5.02 Å². The topological polar surface area (TPSA) is 17.1 Å². The third-order valence-corrected chi connectivity index (χ3v) is 3.54. The second-order valence-electron chi connectivity index (χ2n) is 4.60. The highest BCUT2D eigenvalue weighted by Crippen LogP contribution is 2.19. The van der Waals surface area contributed by atoms with Crippen molar-refractivity contribution in [2.45, 2.75) is 20.3 Å². The van der Waals surface area contributed by atoms with E-state index >= 15 is 0 Å². The molecule has 2 aromatic carbocycles. The van der Waals surface area contributed by atoms with Crippen LogP contribution in [0.3, 0.4) is 0 Å². The van der Waals surface area contributed by atoms with Gasteiger partial charge in [-0.2, -0.15) is 0 Å². The lowest BCUT2D eigenvalue weighted by atomic mass is 9.96. The van der Waals surface area contributed by atoms with Gasteiger partial charge in [0.15, 0.2) is 5.78 Å². The van der Waals surface area contributed by atoms with Crippen molar-refractivity contribution in [3.8, 4) is 0 Å². The van der Waals surface area contributed by atoms with Gasteiger partial charge in [0.1, 0.15) is 5.82 Å². The highest BCUT2D eigenvalue weighted by atomic mass is 35.5. The molecule has 0 heterocycles. The minimum absolute atomic E-state index is 0.0175. The molecule has 0 saturated carbocycles. The molecule has 98 valence electrons. The first-order valence-corrected chi connectivity index (χ1v) is 6.40. The van der Waals surface area contributed by atoms with Crippen LogP contribution in [0, 0.1) is 19.7 Å². The maximum Gasteiger partial charge on any atom is 0.167 e. The van der Waals surface area contributed by atoms with E-state index in [0.717, 1.165) is 16.7 Å². The van der Waals surface area contributed by atoms with Gasteiger partial charge in [0, 0.05) is 12.0 Å². The van der Waals surface area contributed by atoms with Gasteiger partial charge in [0.05, 0.1) is 5.02 Å². The number of carbonyl (C=O) groups excluding carboxylic acids is 1. The zero-order valence-electron chi connectivity index (χ0n) is 10.8. The number of benzene rings is 2. The third-order valence-electron chi connectivity index (χ3n) is 3.25. The molecule has 19 heavy (non-hydrogen) atoms. The van der Waals surface area contributed by atoms with Crippen LogP contribution in [-0.4, -0.2) is 5.78 Å². The maximum absolute atomic E-state index is 13.1. The smallest absolute Gasteiger partial charge is 0.167 e. The molecule has 2 rings (SSSR count). The zero-order chi connectivity index (χ0) is 14.0. The van der Waals surface area contributed by atoms with E-state index in [1.807, 2.05) is 32.0 Å². The van der Waals surface area contributed by atoms with Crippen molar-refractivity contribution >= 4 is 17.4 Å². The molecular weight excluding hydrogens is 263 g/mol. The van der Waals surface area contributed by atoms with E-state index in [4.69, 9.17) is 11.6 Å². The monoisotopic (exact) mass is 276 g/mol. The SMILES string of the molecule is Cc1cccc(C(=O)Cc2ccc(F)c(Cl)c2)c1C. The average molecular weight is 277 g/mol. The molecule has 0 fully saturated rings. The van der Waals surface area contributed by atoms with E-state index in [0.29, 0.717) is 5.56 Å². The molecule has 0 atom stereocenters. The Kier molecular flexibility index (Phi) is 4.01. The summed E-state index contributed by atoms with van der Waals surface area (Å²) < 4.78 is 13.1. The van der Waals surface area contributed by atoms with Gasteiger partial charge in [0.2, 0.25) is 0 Å². The van der Waals surface area contributed by atoms with Crippen LogP contribution in [0.1, 0.15) is 27.0 Å². The van der Waals surface area contributed by atoms with Crippen molar-refractivity contribution in [2.24, 2.45) is 0 Å². The summed E-state index contributed by atoms with van der Waals surface area (Å²) in [6, 6.07) is 10.0. The van der Waals surface area contributed by atoms with E-state index in [1.165, 1.54) is 12.1 Å². The van der Waals surface area contributed by atoms with Gasteiger partial charge in [-0.25, -0.2) is 4.39 Å². The van der Waals surface area contributed by atoms with Gasteiger partial charge in [-0.1, -0.05) is 35.9 Å². The normalized spacial score (nSPS) is 10.5. The Bertz CT molecular complexity index is 635. The van der Waals surface area contributed by atoms with Crippen LogP contribution < -0.4 is 0 Å². The zero-order valence-corrected chi connectivity index (χ0v) is 11.6. The predicted octanol–water partition coefficient (Wildman–Crippen LogP) is 4.52. The van der Waals surface area contributed by atoms with Gasteiger partial charge in [-0.05, 0) is 42.7 Å². The van der Waals surface area contributed by atoms with Crippen LogP contribution in [0.25, 0.3) is 0 Å². The molecule has 0 spiro atoms.